The van der Waals surface area contributed by atoms with Gasteiger partial charge >= 0.3 is 12.7 Å². The molecular weight excluding hydrogens is 284 g/mol. The lowest BCUT2D eigenvalue weighted by atomic mass is 10.1. The molecule has 1 atom stereocenters. The monoisotopic (exact) mass is 301 g/mol. The highest BCUT2D eigenvalue weighted by atomic mass is 19.3. The zero-order valence-electron chi connectivity index (χ0n) is 11.5. The summed E-state index contributed by atoms with van der Waals surface area (Å²) in [6.07, 6.45) is -0.957. The third-order valence-electron chi connectivity index (χ3n) is 3.45. The number of anilines is 2. The molecule has 1 aliphatic heterocycles. The van der Waals surface area contributed by atoms with Crippen LogP contribution < -0.4 is 15.4 Å². The van der Waals surface area contributed by atoms with Gasteiger partial charge in [-0.25, -0.2) is 4.79 Å². The molecule has 3 N–H and O–H groups in total. The van der Waals surface area contributed by atoms with Crippen LogP contribution in [-0.4, -0.2) is 48.4 Å². The minimum absolute atomic E-state index is 0.0733. The van der Waals surface area contributed by atoms with Gasteiger partial charge in [0, 0.05) is 37.4 Å². The number of nitrogen functional groups attached to an aromatic ring is 1. The first-order chi connectivity index (χ1) is 9.88. The van der Waals surface area contributed by atoms with Gasteiger partial charge in [-0.05, 0) is 19.1 Å². The maximum absolute atomic E-state index is 12.3. The quantitative estimate of drug-likeness (QED) is 0.835. The summed E-state index contributed by atoms with van der Waals surface area (Å²) < 4.78 is 29.0. The number of rotatable bonds is 3. The number of ether oxygens (including phenoxy) is 1. The highest BCUT2D eigenvalue weighted by molar-refractivity contribution is 5.67. The number of halogens is 2. The Hall–Kier alpha value is -2.25. The summed E-state index contributed by atoms with van der Waals surface area (Å²) in [6, 6.07) is 4.47. The lowest BCUT2D eigenvalue weighted by molar-refractivity contribution is -0.0493. The second-order valence-electron chi connectivity index (χ2n) is 4.87. The van der Waals surface area contributed by atoms with Crippen molar-refractivity contribution in [1.29, 1.82) is 0 Å². The molecule has 21 heavy (non-hydrogen) atoms. The predicted molar refractivity (Wildman–Crippen MR) is 73.9 cm³/mol. The van der Waals surface area contributed by atoms with Crippen molar-refractivity contribution in [2.75, 3.05) is 30.3 Å². The van der Waals surface area contributed by atoms with Crippen LogP contribution in [0, 0.1) is 0 Å². The van der Waals surface area contributed by atoms with Crippen molar-refractivity contribution in [2.24, 2.45) is 0 Å². The first-order valence-electron chi connectivity index (χ1n) is 6.47. The molecule has 2 rings (SSSR count). The second-order valence-corrected chi connectivity index (χ2v) is 4.87. The fourth-order valence-corrected chi connectivity index (χ4v) is 2.39. The number of nitrogens with zero attached hydrogens (tertiary/aromatic N) is 2. The van der Waals surface area contributed by atoms with Gasteiger partial charge in [-0.15, -0.1) is 0 Å². The Labute approximate surface area is 120 Å². The van der Waals surface area contributed by atoms with Crippen molar-refractivity contribution in [3.05, 3.63) is 18.2 Å². The van der Waals surface area contributed by atoms with Gasteiger partial charge in [-0.1, -0.05) is 0 Å². The van der Waals surface area contributed by atoms with Gasteiger partial charge in [0.05, 0.1) is 5.69 Å². The van der Waals surface area contributed by atoms with Crippen LogP contribution in [-0.2, 0) is 0 Å². The Morgan fingerprint density at radius 3 is 2.76 bits per heavy atom. The van der Waals surface area contributed by atoms with Crippen LogP contribution in [0.2, 0.25) is 0 Å². The van der Waals surface area contributed by atoms with E-state index in [4.69, 9.17) is 10.8 Å². The van der Waals surface area contributed by atoms with Crippen molar-refractivity contribution in [3.8, 4) is 5.75 Å². The number of benzene rings is 1. The van der Waals surface area contributed by atoms with E-state index >= 15 is 0 Å². The molecule has 1 aromatic carbocycles. The molecular formula is C13H17F2N3O3. The molecule has 0 unspecified atom stereocenters. The van der Waals surface area contributed by atoms with Gasteiger partial charge in [0.15, 0.2) is 5.75 Å². The third kappa shape index (κ3) is 3.45. The van der Waals surface area contributed by atoms with Gasteiger partial charge in [0.1, 0.15) is 0 Å². The van der Waals surface area contributed by atoms with Crippen molar-refractivity contribution in [1.82, 2.24) is 4.90 Å². The highest BCUT2D eigenvalue weighted by Crippen LogP contribution is 2.30. The molecule has 8 heteroatoms. The molecule has 1 heterocycles. The summed E-state index contributed by atoms with van der Waals surface area (Å²) in [5.41, 5.74) is 6.41. The van der Waals surface area contributed by atoms with E-state index in [0.717, 1.165) is 0 Å². The van der Waals surface area contributed by atoms with Crippen LogP contribution in [0.15, 0.2) is 18.2 Å². The SMILES string of the molecule is C[C@@H]1CN(c2ccc(N)c(OC(F)F)c2)CCN1C(=O)O. The molecule has 1 amide bonds. The van der Waals surface area contributed by atoms with Crippen molar-refractivity contribution in [3.63, 3.8) is 0 Å². The van der Waals surface area contributed by atoms with Crippen LogP contribution in [0.25, 0.3) is 0 Å². The average molecular weight is 301 g/mol. The molecule has 1 saturated heterocycles. The number of amides is 1. The first kappa shape index (κ1) is 15.1. The lowest BCUT2D eigenvalue weighted by Gasteiger charge is -2.39. The fraction of sp³-hybridized carbons (Fsp3) is 0.462. The molecule has 6 nitrogen and oxygen atoms in total. The normalized spacial score (nSPS) is 19.0. The van der Waals surface area contributed by atoms with Crippen molar-refractivity contribution in [2.45, 2.75) is 19.6 Å². The number of piperazine rings is 1. The summed E-state index contributed by atoms with van der Waals surface area (Å²) in [6.45, 7) is 0.171. The molecule has 0 spiro atoms. The summed E-state index contributed by atoms with van der Waals surface area (Å²) in [7, 11) is 0. The zero-order chi connectivity index (χ0) is 15.6. The third-order valence-corrected chi connectivity index (χ3v) is 3.45. The van der Waals surface area contributed by atoms with Crippen molar-refractivity contribution >= 4 is 17.5 Å². The first-order valence-corrected chi connectivity index (χ1v) is 6.47. The maximum Gasteiger partial charge on any atom is 0.407 e. The smallest absolute Gasteiger partial charge is 0.407 e. The van der Waals surface area contributed by atoms with Gasteiger partial charge in [0.25, 0.3) is 0 Å². The number of hydrogen-bond donors (Lipinski definition) is 2. The Morgan fingerprint density at radius 1 is 1.48 bits per heavy atom. The highest BCUT2D eigenvalue weighted by Gasteiger charge is 2.27. The van der Waals surface area contributed by atoms with E-state index in [0.29, 0.717) is 25.3 Å². The minimum Gasteiger partial charge on any atom is -0.465 e. The number of alkyl halides is 2. The molecule has 0 bridgehead atoms. The molecule has 1 aromatic rings. The summed E-state index contributed by atoms with van der Waals surface area (Å²) in [4.78, 5) is 14.3. The summed E-state index contributed by atoms with van der Waals surface area (Å²) >= 11 is 0. The van der Waals surface area contributed by atoms with Gasteiger partial charge in [0.2, 0.25) is 0 Å². The molecule has 1 aliphatic rings. The maximum atomic E-state index is 12.3. The van der Waals surface area contributed by atoms with E-state index in [2.05, 4.69) is 4.74 Å². The second kappa shape index (κ2) is 6.02. The predicted octanol–water partition coefficient (Wildman–Crippen LogP) is 2.06. The van der Waals surface area contributed by atoms with E-state index in [1.807, 2.05) is 4.90 Å². The largest absolute Gasteiger partial charge is 0.465 e. The summed E-state index contributed by atoms with van der Waals surface area (Å²) in [5, 5.41) is 9.03. The number of nitrogens with two attached hydrogens (primary N) is 1. The van der Waals surface area contributed by atoms with Crippen molar-refractivity contribution < 1.29 is 23.4 Å². The minimum atomic E-state index is -2.94. The summed E-state index contributed by atoms with van der Waals surface area (Å²) in [5.74, 6) is -0.0733. The number of hydrogen-bond acceptors (Lipinski definition) is 4. The zero-order valence-corrected chi connectivity index (χ0v) is 11.5. The topological polar surface area (TPSA) is 79.0 Å². The number of carboxylic acid groups (broad SMARTS) is 1. The molecule has 0 aromatic heterocycles. The number of carbonyl (C=O) groups is 1. The fourth-order valence-electron chi connectivity index (χ4n) is 2.39. The Morgan fingerprint density at radius 2 is 2.19 bits per heavy atom. The van der Waals surface area contributed by atoms with E-state index in [9.17, 15) is 13.6 Å². The average Bonchev–Trinajstić information content (AvgIpc) is 2.40. The molecule has 0 radical (unpaired) electrons. The molecule has 0 aliphatic carbocycles. The van der Waals surface area contributed by atoms with Crippen LogP contribution in [0.5, 0.6) is 5.75 Å². The van der Waals surface area contributed by atoms with E-state index < -0.39 is 12.7 Å². The van der Waals surface area contributed by atoms with Crippen LogP contribution in [0.4, 0.5) is 25.0 Å². The van der Waals surface area contributed by atoms with Crippen LogP contribution in [0.1, 0.15) is 6.92 Å². The van der Waals surface area contributed by atoms with Gasteiger partial charge < -0.3 is 25.4 Å². The lowest BCUT2D eigenvalue weighted by Crippen LogP contribution is -2.53. The Bertz CT molecular complexity index is 527. The Kier molecular flexibility index (Phi) is 4.35. The standard InChI is InChI=1S/C13H17F2N3O3/c1-8-7-17(4-5-18(8)13(19)20)9-2-3-10(16)11(6-9)21-12(14)15/h2-3,6,8,12H,4-5,7,16H2,1H3,(H,19,20)/t8-/m1/s1. The molecule has 0 saturated carbocycles. The van der Waals surface area contributed by atoms with Gasteiger partial charge in [-0.3, -0.25) is 0 Å². The molecule has 116 valence electrons. The van der Waals surface area contributed by atoms with E-state index in [-0.39, 0.29) is 17.5 Å². The molecule has 1 fully saturated rings. The van der Waals surface area contributed by atoms with Crippen LogP contribution >= 0.6 is 0 Å². The van der Waals surface area contributed by atoms with Gasteiger partial charge in [-0.2, -0.15) is 8.78 Å². The van der Waals surface area contributed by atoms with E-state index in [1.165, 1.54) is 17.0 Å². The Balaban J connectivity index is 2.14. The van der Waals surface area contributed by atoms with Crippen LogP contribution in [0.3, 0.4) is 0 Å². The van der Waals surface area contributed by atoms with E-state index in [1.54, 1.807) is 13.0 Å².